The third kappa shape index (κ3) is 2.14. The van der Waals surface area contributed by atoms with Crippen LogP contribution in [0.4, 0.5) is 8.78 Å². The lowest BCUT2D eigenvalue weighted by Crippen LogP contribution is -2.21. The summed E-state index contributed by atoms with van der Waals surface area (Å²) in [4.78, 5) is 0. The van der Waals surface area contributed by atoms with Gasteiger partial charge in [-0.1, -0.05) is 0 Å². The van der Waals surface area contributed by atoms with E-state index in [9.17, 15) is 8.78 Å². The van der Waals surface area contributed by atoms with Gasteiger partial charge in [-0.05, 0) is 12.1 Å². The maximum Gasteiger partial charge on any atom is 0.139 e. The Balaban J connectivity index is 3.96. The zero-order valence-corrected chi connectivity index (χ0v) is 8.70. The van der Waals surface area contributed by atoms with Crippen LogP contribution in [0.15, 0.2) is 12.1 Å². The molecule has 0 aromatic heterocycles. The third-order valence-electron chi connectivity index (χ3n) is 2.04. The van der Waals surface area contributed by atoms with Crippen LogP contribution in [0.1, 0.15) is 0 Å². The van der Waals surface area contributed by atoms with Gasteiger partial charge in [0.25, 0.3) is 0 Å². The zero-order valence-electron chi connectivity index (χ0n) is 8.70. The Morgan fingerprint density at radius 2 is 1.00 bits per heavy atom. The van der Waals surface area contributed by atoms with Gasteiger partial charge in [0.15, 0.2) is 0 Å². The Bertz CT molecular complexity index is 693. The van der Waals surface area contributed by atoms with Gasteiger partial charge in [-0.15, -0.1) is 0 Å². The minimum Gasteiger partial charge on any atom is -0.206 e. The molecule has 1 aromatic rings. The lowest BCUT2D eigenvalue weighted by atomic mass is 10.1. The molecule has 4 nitrogen and oxygen atoms in total. The summed E-state index contributed by atoms with van der Waals surface area (Å²) in [5, 5.41) is 33.2. The summed E-state index contributed by atoms with van der Waals surface area (Å²) in [6.45, 7) is 0. The maximum absolute atomic E-state index is 13.6. The number of hydrogen-bond donors (Lipinski definition) is 0. The molecule has 1 rings (SSSR count). The first kappa shape index (κ1) is 12.8. The van der Waals surface area contributed by atoms with Gasteiger partial charge in [-0.25, -0.2) is 8.78 Å². The van der Waals surface area contributed by atoms with Gasteiger partial charge in [0, 0.05) is 10.4 Å². The van der Waals surface area contributed by atoms with Crippen molar-refractivity contribution in [3.8, 4) is 24.3 Å². The van der Waals surface area contributed by atoms with Crippen molar-refractivity contribution in [3.05, 3.63) is 34.2 Å². The van der Waals surface area contributed by atoms with Crippen LogP contribution in [0.3, 0.4) is 0 Å². The number of hydrogen-bond acceptors (Lipinski definition) is 4. The molecule has 0 atom stereocenters. The summed E-state index contributed by atoms with van der Waals surface area (Å²) in [6.07, 6.45) is 0. The van der Waals surface area contributed by atoms with Crippen molar-refractivity contribution in [2.24, 2.45) is 0 Å². The molecule has 0 amide bonds. The Labute approximate surface area is 100 Å². The van der Waals surface area contributed by atoms with E-state index in [1.165, 1.54) is 24.3 Å². The fourth-order valence-corrected chi connectivity index (χ4v) is 1.22. The Kier molecular flexibility index (Phi) is 3.72. The molecule has 0 saturated carbocycles. The van der Waals surface area contributed by atoms with E-state index < -0.39 is 33.2 Å². The van der Waals surface area contributed by atoms with Gasteiger partial charge in [0.1, 0.15) is 47.1 Å². The highest BCUT2D eigenvalue weighted by molar-refractivity contribution is 5.74. The van der Waals surface area contributed by atoms with Crippen LogP contribution in [-0.4, -0.2) is 0 Å². The summed E-state index contributed by atoms with van der Waals surface area (Å²) >= 11 is 0. The van der Waals surface area contributed by atoms with Crippen LogP contribution < -0.4 is 10.4 Å². The normalized spacial score (nSPS) is 8.33. The highest BCUT2D eigenvalue weighted by Gasteiger charge is 2.08. The molecule has 0 fully saturated rings. The lowest BCUT2D eigenvalue weighted by molar-refractivity contribution is 0.585. The van der Waals surface area contributed by atoms with Crippen LogP contribution in [-0.2, 0) is 0 Å². The van der Waals surface area contributed by atoms with Crippen molar-refractivity contribution in [2.45, 2.75) is 0 Å². The highest BCUT2D eigenvalue weighted by atomic mass is 19.1. The average molecular weight is 240 g/mol. The molecule has 18 heavy (non-hydrogen) atoms. The first-order valence-electron chi connectivity index (χ1n) is 4.43. The smallest absolute Gasteiger partial charge is 0.139 e. The van der Waals surface area contributed by atoms with E-state index in [2.05, 4.69) is 0 Å². The van der Waals surface area contributed by atoms with Gasteiger partial charge in [-0.3, -0.25) is 0 Å². The molecule has 0 aliphatic heterocycles. The van der Waals surface area contributed by atoms with Gasteiger partial charge >= 0.3 is 0 Å². The topological polar surface area (TPSA) is 95.2 Å². The molecule has 0 N–H and O–H groups in total. The summed E-state index contributed by atoms with van der Waals surface area (Å²) in [5.41, 5.74) is -1.18. The molecule has 1 aromatic carbocycles. The van der Waals surface area contributed by atoms with Crippen molar-refractivity contribution < 1.29 is 8.78 Å². The molecule has 0 unspecified atom stereocenters. The van der Waals surface area contributed by atoms with Gasteiger partial charge in [0.05, 0.1) is 0 Å². The molecule has 0 saturated heterocycles. The van der Waals surface area contributed by atoms with Crippen LogP contribution in [0, 0.1) is 57.0 Å². The predicted molar refractivity (Wildman–Crippen MR) is 54.9 cm³/mol. The van der Waals surface area contributed by atoms with E-state index >= 15 is 0 Å². The van der Waals surface area contributed by atoms with Crippen LogP contribution >= 0.6 is 0 Å². The van der Waals surface area contributed by atoms with Gasteiger partial charge < -0.3 is 0 Å². The van der Waals surface area contributed by atoms with Crippen molar-refractivity contribution in [1.29, 1.82) is 21.0 Å². The standard InChI is InChI=1S/C12H2F2N4/c13-11-1-9(7(3-15)4-16)12(14)2-10(11)8(5-17)6-18/h1-2H. The second kappa shape index (κ2) is 5.21. The van der Waals surface area contributed by atoms with Crippen molar-refractivity contribution in [2.75, 3.05) is 0 Å². The first-order chi connectivity index (χ1) is 8.58. The maximum atomic E-state index is 13.6. The zero-order chi connectivity index (χ0) is 13.7. The number of nitrogens with zero attached hydrogens (tertiary/aromatic N) is 4. The highest BCUT2D eigenvalue weighted by Crippen LogP contribution is 1.97. The lowest BCUT2D eigenvalue weighted by Gasteiger charge is -1.95. The average Bonchev–Trinajstić information content (AvgIpc) is 2.37. The van der Waals surface area contributed by atoms with E-state index in [1.807, 2.05) is 0 Å². The monoisotopic (exact) mass is 240 g/mol. The SMILES string of the molecule is N#CC(C#N)=c1cc(F)c(=C(C#N)C#N)cc1F. The fraction of sp³-hybridized carbons (Fsp3) is 0. The number of nitriles is 4. The number of rotatable bonds is 0. The summed E-state index contributed by atoms with van der Waals surface area (Å²) in [7, 11) is 0. The first-order valence-corrected chi connectivity index (χ1v) is 4.43. The third-order valence-corrected chi connectivity index (χ3v) is 2.04. The van der Waals surface area contributed by atoms with E-state index in [-0.39, 0.29) is 0 Å². The van der Waals surface area contributed by atoms with Gasteiger partial charge in [0.2, 0.25) is 0 Å². The second-order valence-electron chi connectivity index (χ2n) is 3.01. The Morgan fingerprint density at radius 3 is 1.22 bits per heavy atom. The molecule has 6 heteroatoms. The molecule has 84 valence electrons. The van der Waals surface area contributed by atoms with Crippen molar-refractivity contribution >= 4 is 11.1 Å². The second-order valence-corrected chi connectivity index (χ2v) is 3.01. The van der Waals surface area contributed by atoms with E-state index in [0.717, 1.165) is 0 Å². The largest absolute Gasteiger partial charge is 0.206 e. The quantitative estimate of drug-likeness (QED) is 0.654. The fourth-order valence-electron chi connectivity index (χ4n) is 1.22. The van der Waals surface area contributed by atoms with Crippen LogP contribution in [0.2, 0.25) is 0 Å². The molecular weight excluding hydrogens is 238 g/mol. The minimum atomic E-state index is -1.05. The van der Waals surface area contributed by atoms with Gasteiger partial charge in [-0.2, -0.15) is 21.0 Å². The predicted octanol–water partition coefficient (Wildman–Crippen LogP) is 0.361. The van der Waals surface area contributed by atoms with Crippen molar-refractivity contribution in [1.82, 2.24) is 0 Å². The molecular formula is C12H2F2N4. The summed E-state index contributed by atoms with van der Waals surface area (Å²) in [6, 6.07) is 6.92. The van der Waals surface area contributed by atoms with Crippen LogP contribution in [0.5, 0.6) is 0 Å². The molecule has 0 aliphatic carbocycles. The van der Waals surface area contributed by atoms with Crippen LogP contribution in [0.25, 0.3) is 11.1 Å². The summed E-state index contributed by atoms with van der Waals surface area (Å²) in [5.74, 6) is -2.10. The Hall–Kier alpha value is -3.22. The molecule has 0 spiro atoms. The molecule has 0 aliphatic rings. The number of halogens is 2. The molecule has 0 heterocycles. The van der Waals surface area contributed by atoms with Crippen molar-refractivity contribution in [3.63, 3.8) is 0 Å². The molecule has 0 radical (unpaired) electrons. The van der Waals surface area contributed by atoms with E-state index in [4.69, 9.17) is 21.0 Å². The minimum absolute atomic E-state index is 0.503. The summed E-state index contributed by atoms with van der Waals surface area (Å²) < 4.78 is 27.1. The molecule has 0 bridgehead atoms. The van der Waals surface area contributed by atoms with E-state index in [1.54, 1.807) is 0 Å². The van der Waals surface area contributed by atoms with E-state index in [0.29, 0.717) is 12.1 Å². The number of benzene rings is 1. The Morgan fingerprint density at radius 1 is 0.722 bits per heavy atom.